The number of ether oxygens (including phenoxy) is 1. The number of nitrogens with two attached hydrogens (primary N) is 1. The third-order valence-corrected chi connectivity index (χ3v) is 4.06. The standard InChI is InChI=1S/C15H23BrN2O2/c1-5-10(2)14(17)15(19)18(3)9-11-8-12(16)6-7-13(11)20-4/h6-8,10,14H,5,9,17H2,1-4H3/t10-,14-/m0/s1. The van der Waals surface area contributed by atoms with Crippen molar-refractivity contribution >= 4 is 21.8 Å². The fourth-order valence-electron chi connectivity index (χ4n) is 1.96. The summed E-state index contributed by atoms with van der Waals surface area (Å²) in [4.78, 5) is 13.9. The number of benzene rings is 1. The van der Waals surface area contributed by atoms with Crippen molar-refractivity contribution in [3.8, 4) is 5.75 Å². The topological polar surface area (TPSA) is 55.6 Å². The molecule has 2 atom stereocenters. The molecule has 0 aliphatic carbocycles. The number of halogens is 1. The first kappa shape index (κ1) is 17.0. The van der Waals surface area contributed by atoms with Gasteiger partial charge in [-0.15, -0.1) is 0 Å². The second-order valence-corrected chi connectivity index (χ2v) is 5.98. The van der Waals surface area contributed by atoms with E-state index in [1.807, 2.05) is 32.0 Å². The molecule has 0 fully saturated rings. The van der Waals surface area contributed by atoms with Crippen LogP contribution in [-0.2, 0) is 11.3 Å². The van der Waals surface area contributed by atoms with Crippen molar-refractivity contribution in [3.05, 3.63) is 28.2 Å². The summed E-state index contributed by atoms with van der Waals surface area (Å²) in [7, 11) is 3.39. The average molecular weight is 343 g/mol. The van der Waals surface area contributed by atoms with E-state index in [4.69, 9.17) is 10.5 Å². The molecule has 1 aromatic carbocycles. The van der Waals surface area contributed by atoms with E-state index in [0.29, 0.717) is 6.54 Å². The minimum absolute atomic E-state index is 0.0404. The van der Waals surface area contributed by atoms with Gasteiger partial charge >= 0.3 is 0 Å². The lowest BCUT2D eigenvalue weighted by molar-refractivity contribution is -0.132. The molecule has 4 nitrogen and oxygen atoms in total. The van der Waals surface area contributed by atoms with E-state index in [1.54, 1.807) is 19.1 Å². The van der Waals surface area contributed by atoms with Crippen LogP contribution in [-0.4, -0.2) is 31.0 Å². The molecular weight excluding hydrogens is 320 g/mol. The molecule has 1 rings (SSSR count). The Kier molecular flexibility index (Phi) is 6.49. The van der Waals surface area contributed by atoms with Crippen LogP contribution in [0.15, 0.2) is 22.7 Å². The van der Waals surface area contributed by atoms with Crippen molar-refractivity contribution in [2.45, 2.75) is 32.9 Å². The molecule has 2 N–H and O–H groups in total. The predicted octanol–water partition coefficient (Wildman–Crippen LogP) is 2.79. The van der Waals surface area contributed by atoms with Gasteiger partial charge in [0.2, 0.25) is 5.91 Å². The maximum absolute atomic E-state index is 12.3. The van der Waals surface area contributed by atoms with Gasteiger partial charge in [-0.2, -0.15) is 0 Å². The third kappa shape index (κ3) is 4.21. The molecule has 0 aliphatic rings. The van der Waals surface area contributed by atoms with Gasteiger partial charge in [-0.05, 0) is 24.1 Å². The van der Waals surface area contributed by atoms with E-state index in [9.17, 15) is 4.79 Å². The Morgan fingerprint density at radius 1 is 1.50 bits per heavy atom. The molecule has 1 amide bonds. The Morgan fingerprint density at radius 3 is 2.70 bits per heavy atom. The quantitative estimate of drug-likeness (QED) is 0.864. The SMILES string of the molecule is CC[C@H](C)[C@H](N)C(=O)N(C)Cc1cc(Br)ccc1OC. The van der Waals surface area contributed by atoms with Crippen LogP contribution in [0.2, 0.25) is 0 Å². The summed E-state index contributed by atoms with van der Waals surface area (Å²) in [5.41, 5.74) is 6.95. The number of rotatable bonds is 6. The molecule has 0 saturated heterocycles. The lowest BCUT2D eigenvalue weighted by atomic mass is 9.99. The number of methoxy groups -OCH3 is 1. The summed E-state index contributed by atoms with van der Waals surface area (Å²) in [6.07, 6.45) is 0.890. The highest BCUT2D eigenvalue weighted by atomic mass is 79.9. The molecular formula is C15H23BrN2O2. The van der Waals surface area contributed by atoms with Gasteiger partial charge in [0.15, 0.2) is 0 Å². The summed E-state index contributed by atoms with van der Waals surface area (Å²) in [6.45, 7) is 4.51. The third-order valence-electron chi connectivity index (χ3n) is 3.57. The zero-order valence-electron chi connectivity index (χ0n) is 12.5. The molecule has 20 heavy (non-hydrogen) atoms. The second-order valence-electron chi connectivity index (χ2n) is 5.06. The highest BCUT2D eigenvalue weighted by Gasteiger charge is 2.23. The monoisotopic (exact) mass is 342 g/mol. The molecule has 112 valence electrons. The Labute approximate surface area is 129 Å². The molecule has 0 heterocycles. The fraction of sp³-hybridized carbons (Fsp3) is 0.533. The Balaban J connectivity index is 2.82. The molecule has 0 bridgehead atoms. The summed E-state index contributed by atoms with van der Waals surface area (Å²) >= 11 is 3.43. The van der Waals surface area contributed by atoms with Crippen LogP contribution in [0.5, 0.6) is 5.75 Å². The Bertz CT molecular complexity index is 465. The van der Waals surface area contributed by atoms with E-state index in [0.717, 1.165) is 22.2 Å². The van der Waals surface area contributed by atoms with E-state index < -0.39 is 6.04 Å². The maximum Gasteiger partial charge on any atom is 0.239 e. The minimum atomic E-state index is -0.455. The lowest BCUT2D eigenvalue weighted by Crippen LogP contribution is -2.45. The van der Waals surface area contributed by atoms with Gasteiger partial charge in [0.25, 0.3) is 0 Å². The number of carbonyl (C=O) groups is 1. The summed E-state index contributed by atoms with van der Waals surface area (Å²) in [6, 6.07) is 5.29. The van der Waals surface area contributed by atoms with Crippen LogP contribution in [0.4, 0.5) is 0 Å². The molecule has 0 aromatic heterocycles. The smallest absolute Gasteiger partial charge is 0.239 e. The predicted molar refractivity (Wildman–Crippen MR) is 84.6 cm³/mol. The maximum atomic E-state index is 12.3. The Hall–Kier alpha value is -1.07. The zero-order valence-corrected chi connectivity index (χ0v) is 14.1. The summed E-state index contributed by atoms with van der Waals surface area (Å²) in [5.74, 6) is 0.903. The van der Waals surface area contributed by atoms with Crippen LogP contribution in [0.25, 0.3) is 0 Å². The number of hydrogen-bond acceptors (Lipinski definition) is 3. The van der Waals surface area contributed by atoms with E-state index in [-0.39, 0.29) is 11.8 Å². The lowest BCUT2D eigenvalue weighted by Gasteiger charge is -2.25. The first-order valence-electron chi connectivity index (χ1n) is 6.73. The number of likely N-dealkylation sites (N-methyl/N-ethyl adjacent to an activating group) is 1. The molecule has 0 aliphatic heterocycles. The molecule has 0 spiro atoms. The average Bonchev–Trinajstić information content (AvgIpc) is 2.45. The fourth-order valence-corrected chi connectivity index (χ4v) is 2.36. The van der Waals surface area contributed by atoms with Crippen molar-refractivity contribution in [2.75, 3.05) is 14.2 Å². The number of amides is 1. The van der Waals surface area contributed by atoms with Gasteiger partial charge in [0.1, 0.15) is 5.75 Å². The van der Waals surface area contributed by atoms with Gasteiger partial charge in [-0.1, -0.05) is 36.2 Å². The Morgan fingerprint density at radius 2 is 2.15 bits per heavy atom. The largest absolute Gasteiger partial charge is 0.496 e. The molecule has 5 heteroatoms. The van der Waals surface area contributed by atoms with Crippen molar-refractivity contribution in [1.29, 1.82) is 0 Å². The van der Waals surface area contributed by atoms with Crippen LogP contribution in [0, 0.1) is 5.92 Å². The summed E-state index contributed by atoms with van der Waals surface area (Å²) < 4.78 is 6.28. The second kappa shape index (κ2) is 7.64. The van der Waals surface area contributed by atoms with Crippen LogP contribution in [0.3, 0.4) is 0 Å². The van der Waals surface area contributed by atoms with Gasteiger partial charge in [-0.3, -0.25) is 4.79 Å². The highest BCUT2D eigenvalue weighted by molar-refractivity contribution is 9.10. The van der Waals surface area contributed by atoms with Crippen molar-refractivity contribution in [2.24, 2.45) is 11.7 Å². The number of hydrogen-bond donors (Lipinski definition) is 1. The minimum Gasteiger partial charge on any atom is -0.496 e. The van der Waals surface area contributed by atoms with Gasteiger partial charge < -0.3 is 15.4 Å². The van der Waals surface area contributed by atoms with Crippen LogP contribution >= 0.6 is 15.9 Å². The summed E-state index contributed by atoms with van der Waals surface area (Å²) in [5, 5.41) is 0. The van der Waals surface area contributed by atoms with Crippen molar-refractivity contribution < 1.29 is 9.53 Å². The van der Waals surface area contributed by atoms with Gasteiger partial charge in [0, 0.05) is 23.6 Å². The number of nitrogens with zero attached hydrogens (tertiary/aromatic N) is 1. The van der Waals surface area contributed by atoms with Crippen molar-refractivity contribution in [3.63, 3.8) is 0 Å². The molecule has 0 radical (unpaired) electrons. The normalized spacial score (nSPS) is 13.7. The van der Waals surface area contributed by atoms with E-state index >= 15 is 0 Å². The highest BCUT2D eigenvalue weighted by Crippen LogP contribution is 2.24. The van der Waals surface area contributed by atoms with Crippen LogP contribution in [0.1, 0.15) is 25.8 Å². The zero-order chi connectivity index (χ0) is 15.3. The first-order valence-corrected chi connectivity index (χ1v) is 7.53. The van der Waals surface area contributed by atoms with Crippen LogP contribution < -0.4 is 10.5 Å². The van der Waals surface area contributed by atoms with Crippen molar-refractivity contribution in [1.82, 2.24) is 4.90 Å². The van der Waals surface area contributed by atoms with Gasteiger partial charge in [-0.25, -0.2) is 0 Å². The van der Waals surface area contributed by atoms with Gasteiger partial charge in [0.05, 0.1) is 13.2 Å². The first-order chi connectivity index (χ1) is 9.40. The van der Waals surface area contributed by atoms with E-state index in [2.05, 4.69) is 15.9 Å². The number of carbonyl (C=O) groups excluding carboxylic acids is 1. The molecule has 0 unspecified atom stereocenters. The molecule has 1 aromatic rings. The van der Waals surface area contributed by atoms with E-state index in [1.165, 1.54) is 0 Å². The molecule has 0 saturated carbocycles.